The molecular weight excluding hydrogens is 362 g/mol. The second kappa shape index (κ2) is 6.98. The Labute approximate surface area is 162 Å². The number of piperazine rings is 1. The maximum atomic E-state index is 5.93. The van der Waals surface area contributed by atoms with Gasteiger partial charge in [0.25, 0.3) is 0 Å². The summed E-state index contributed by atoms with van der Waals surface area (Å²) in [4.78, 5) is 15.5. The highest BCUT2D eigenvalue weighted by atomic mass is 35.5. The van der Waals surface area contributed by atoms with Crippen molar-refractivity contribution in [2.24, 2.45) is 0 Å². The largest absolute Gasteiger partial charge is 0.366 e. The number of halogens is 1. The molecule has 0 amide bonds. The Morgan fingerprint density at radius 3 is 2.78 bits per heavy atom. The molecule has 7 nitrogen and oxygen atoms in total. The molecule has 0 aromatic carbocycles. The number of hydrogen-bond acceptors (Lipinski definition) is 6. The lowest BCUT2D eigenvalue weighted by molar-refractivity contribution is 0.589. The summed E-state index contributed by atoms with van der Waals surface area (Å²) in [7, 11) is 0. The van der Waals surface area contributed by atoms with Crippen molar-refractivity contribution < 1.29 is 0 Å². The van der Waals surface area contributed by atoms with E-state index in [9.17, 15) is 0 Å². The Bertz CT molecular complexity index is 960. The zero-order valence-electron chi connectivity index (χ0n) is 15.0. The van der Waals surface area contributed by atoms with Crippen LogP contribution in [-0.2, 0) is 6.54 Å². The van der Waals surface area contributed by atoms with Crippen LogP contribution in [0.25, 0.3) is 5.65 Å². The van der Waals surface area contributed by atoms with Gasteiger partial charge >= 0.3 is 0 Å². The molecule has 8 heteroatoms. The first-order valence-corrected chi connectivity index (χ1v) is 9.83. The number of pyridine rings is 1. The molecule has 2 N–H and O–H groups in total. The molecule has 1 saturated heterocycles. The van der Waals surface area contributed by atoms with Crippen LogP contribution >= 0.6 is 11.6 Å². The predicted octanol–water partition coefficient (Wildman–Crippen LogP) is 2.68. The Balaban J connectivity index is 1.46. The fourth-order valence-electron chi connectivity index (χ4n) is 3.63. The summed E-state index contributed by atoms with van der Waals surface area (Å²) < 4.78 is 2.19. The van der Waals surface area contributed by atoms with Crippen molar-refractivity contribution in [2.75, 3.05) is 36.4 Å². The number of nitrogens with zero attached hydrogens (tertiary/aromatic N) is 5. The second-order valence-corrected chi connectivity index (χ2v) is 7.60. The SMILES string of the molecule is Clc1cc(NCc2cn3cc(C4CC4)cc(N4CCNCC4)c3n2)ncn1. The summed E-state index contributed by atoms with van der Waals surface area (Å²) in [5.41, 5.74) is 4.68. The van der Waals surface area contributed by atoms with Crippen LogP contribution in [0, 0.1) is 0 Å². The van der Waals surface area contributed by atoms with E-state index in [-0.39, 0.29) is 0 Å². The molecule has 0 unspecified atom stereocenters. The topological polar surface area (TPSA) is 70.4 Å². The van der Waals surface area contributed by atoms with Crippen LogP contribution in [0.3, 0.4) is 0 Å². The number of rotatable bonds is 5. The van der Waals surface area contributed by atoms with Crippen LogP contribution in [0.5, 0.6) is 0 Å². The van der Waals surface area contributed by atoms with Crippen LogP contribution in [0.4, 0.5) is 11.5 Å². The quantitative estimate of drug-likeness (QED) is 0.660. The minimum Gasteiger partial charge on any atom is -0.366 e. The van der Waals surface area contributed by atoms with Gasteiger partial charge in [-0.1, -0.05) is 11.6 Å². The number of nitrogens with one attached hydrogen (secondary N) is 2. The molecule has 3 aromatic heterocycles. The highest BCUT2D eigenvalue weighted by molar-refractivity contribution is 6.29. The van der Waals surface area contributed by atoms with Crippen LogP contribution in [-0.4, -0.2) is 45.5 Å². The Hall–Kier alpha value is -2.38. The molecule has 1 aliphatic carbocycles. The van der Waals surface area contributed by atoms with E-state index in [2.05, 4.69) is 48.4 Å². The van der Waals surface area contributed by atoms with Crippen molar-refractivity contribution in [3.05, 3.63) is 47.3 Å². The van der Waals surface area contributed by atoms with Crippen LogP contribution in [0.1, 0.15) is 30.0 Å². The standard InChI is InChI=1S/C19H22ClN7/c20-17-8-18(24-12-23-17)22-9-15-11-27-10-14(13-1-2-13)7-16(19(27)25-15)26-5-3-21-4-6-26/h7-8,10-13,21H,1-6,9H2,(H,22,23,24). The van der Waals surface area contributed by atoms with Gasteiger partial charge in [-0.15, -0.1) is 0 Å². The minimum absolute atomic E-state index is 0.428. The van der Waals surface area contributed by atoms with E-state index < -0.39 is 0 Å². The molecule has 2 aliphatic rings. The molecule has 3 aromatic rings. The first-order chi connectivity index (χ1) is 13.3. The molecule has 0 bridgehead atoms. The number of anilines is 2. The molecule has 27 heavy (non-hydrogen) atoms. The van der Waals surface area contributed by atoms with Gasteiger partial charge in [0.2, 0.25) is 0 Å². The Morgan fingerprint density at radius 1 is 1.15 bits per heavy atom. The van der Waals surface area contributed by atoms with Gasteiger partial charge in [0.1, 0.15) is 17.3 Å². The van der Waals surface area contributed by atoms with Gasteiger partial charge in [-0.2, -0.15) is 0 Å². The van der Waals surface area contributed by atoms with Gasteiger partial charge in [0.15, 0.2) is 5.65 Å². The zero-order valence-corrected chi connectivity index (χ0v) is 15.8. The van der Waals surface area contributed by atoms with Gasteiger partial charge < -0.3 is 19.9 Å². The predicted molar refractivity (Wildman–Crippen MR) is 107 cm³/mol. The summed E-state index contributed by atoms with van der Waals surface area (Å²) in [6, 6.07) is 4.07. The summed E-state index contributed by atoms with van der Waals surface area (Å²) in [6.45, 7) is 4.66. The Morgan fingerprint density at radius 2 is 2.00 bits per heavy atom. The van der Waals surface area contributed by atoms with E-state index >= 15 is 0 Å². The van der Waals surface area contributed by atoms with Crippen LogP contribution < -0.4 is 15.5 Å². The van der Waals surface area contributed by atoms with E-state index in [0.29, 0.717) is 23.4 Å². The molecule has 0 atom stereocenters. The molecular formula is C19H22ClN7. The molecule has 140 valence electrons. The summed E-state index contributed by atoms with van der Waals surface area (Å²) in [5.74, 6) is 1.41. The highest BCUT2D eigenvalue weighted by Gasteiger charge is 2.26. The van der Waals surface area contributed by atoms with Gasteiger partial charge in [-0.25, -0.2) is 15.0 Å². The molecule has 0 spiro atoms. The van der Waals surface area contributed by atoms with Crippen molar-refractivity contribution in [1.29, 1.82) is 0 Å². The first-order valence-electron chi connectivity index (χ1n) is 9.45. The minimum atomic E-state index is 0.428. The summed E-state index contributed by atoms with van der Waals surface area (Å²) in [6.07, 6.45) is 8.41. The fraction of sp³-hybridized carbons (Fsp3) is 0.421. The van der Waals surface area contributed by atoms with Gasteiger partial charge in [-0.05, 0) is 30.4 Å². The third-order valence-corrected chi connectivity index (χ3v) is 5.40. The molecule has 1 aliphatic heterocycles. The van der Waals surface area contributed by atoms with Crippen molar-refractivity contribution in [3.8, 4) is 0 Å². The average molecular weight is 384 g/mol. The summed E-state index contributed by atoms with van der Waals surface area (Å²) in [5, 5.41) is 7.13. The molecule has 2 fully saturated rings. The van der Waals surface area contributed by atoms with Crippen molar-refractivity contribution in [1.82, 2.24) is 24.7 Å². The van der Waals surface area contributed by atoms with Crippen molar-refractivity contribution >= 4 is 28.8 Å². The number of hydrogen-bond donors (Lipinski definition) is 2. The maximum Gasteiger partial charge on any atom is 0.160 e. The number of fused-ring (bicyclic) bond motifs is 1. The maximum absolute atomic E-state index is 5.93. The van der Waals surface area contributed by atoms with E-state index in [4.69, 9.17) is 16.6 Å². The summed E-state index contributed by atoms with van der Waals surface area (Å²) >= 11 is 5.93. The average Bonchev–Trinajstić information content (AvgIpc) is 3.46. The molecule has 0 radical (unpaired) electrons. The van der Waals surface area contributed by atoms with E-state index in [0.717, 1.165) is 37.5 Å². The van der Waals surface area contributed by atoms with Gasteiger partial charge in [0.05, 0.1) is 17.9 Å². The highest BCUT2D eigenvalue weighted by Crippen LogP contribution is 2.41. The van der Waals surface area contributed by atoms with Crippen LogP contribution in [0.2, 0.25) is 5.15 Å². The van der Waals surface area contributed by atoms with Gasteiger partial charge in [0, 0.05) is 44.6 Å². The molecule has 5 rings (SSSR count). The normalized spacial score (nSPS) is 17.4. The van der Waals surface area contributed by atoms with Crippen LogP contribution in [0.15, 0.2) is 30.9 Å². The smallest absolute Gasteiger partial charge is 0.160 e. The second-order valence-electron chi connectivity index (χ2n) is 7.21. The lowest BCUT2D eigenvalue weighted by atomic mass is 10.1. The first kappa shape index (κ1) is 16.8. The van der Waals surface area contributed by atoms with E-state index in [1.165, 1.54) is 30.4 Å². The molecule has 1 saturated carbocycles. The third-order valence-electron chi connectivity index (χ3n) is 5.19. The van der Waals surface area contributed by atoms with E-state index in [1.807, 2.05) is 0 Å². The number of aromatic nitrogens is 4. The fourth-order valence-corrected chi connectivity index (χ4v) is 3.77. The lowest BCUT2D eigenvalue weighted by Gasteiger charge is -2.30. The van der Waals surface area contributed by atoms with Crippen molar-refractivity contribution in [3.63, 3.8) is 0 Å². The van der Waals surface area contributed by atoms with E-state index in [1.54, 1.807) is 6.07 Å². The lowest BCUT2D eigenvalue weighted by Crippen LogP contribution is -2.43. The van der Waals surface area contributed by atoms with Gasteiger partial charge in [-0.3, -0.25) is 0 Å². The third kappa shape index (κ3) is 3.57. The van der Waals surface area contributed by atoms with Crippen molar-refractivity contribution in [2.45, 2.75) is 25.3 Å². The number of imidazole rings is 1. The Kier molecular flexibility index (Phi) is 4.33. The molecule has 4 heterocycles. The monoisotopic (exact) mass is 383 g/mol. The zero-order chi connectivity index (χ0) is 18.2.